The molecule has 1 heterocycles. The van der Waals surface area contributed by atoms with Crippen LogP contribution in [-0.2, 0) is 9.84 Å². The summed E-state index contributed by atoms with van der Waals surface area (Å²) in [6, 6.07) is 0. The minimum Gasteiger partial charge on any atom is -0.229 e. The van der Waals surface area contributed by atoms with Crippen molar-refractivity contribution in [1.29, 1.82) is 0 Å². The average Bonchev–Trinajstić information content (AvgIpc) is 1.54. The molecule has 0 aromatic carbocycles. The van der Waals surface area contributed by atoms with Crippen LogP contribution in [0.15, 0.2) is 0 Å². The molecule has 0 aromatic rings. The summed E-state index contributed by atoms with van der Waals surface area (Å²) in [5.41, 5.74) is 0. The van der Waals surface area contributed by atoms with Crippen molar-refractivity contribution in [2.75, 3.05) is 11.5 Å². The maximum atomic E-state index is 11.1. The van der Waals surface area contributed by atoms with Crippen LogP contribution >= 0.6 is 0 Å². The summed E-state index contributed by atoms with van der Waals surface area (Å²) in [4.78, 5) is 0. The zero-order chi connectivity index (χ0) is 7.78. The Morgan fingerprint density at radius 2 is 1.50 bits per heavy atom. The van der Waals surface area contributed by atoms with Crippen molar-refractivity contribution in [3.05, 3.63) is 0 Å². The number of rotatable bonds is 0. The van der Waals surface area contributed by atoms with E-state index in [2.05, 4.69) is 0 Å². The molecule has 0 aromatic heterocycles. The molecule has 0 radical (unpaired) electrons. The molecular weight excluding hydrogens is 148 g/mol. The van der Waals surface area contributed by atoms with Crippen molar-refractivity contribution in [3.8, 4) is 0 Å². The minimum atomic E-state index is -2.68. The fourth-order valence-corrected chi connectivity index (χ4v) is 3.90. The molecule has 0 amide bonds. The molecule has 2 nitrogen and oxygen atoms in total. The van der Waals surface area contributed by atoms with Gasteiger partial charge in [0.05, 0.1) is 11.5 Å². The Morgan fingerprint density at radius 3 is 1.80 bits per heavy atom. The molecule has 1 fully saturated rings. The molecule has 10 heavy (non-hydrogen) atoms. The van der Waals surface area contributed by atoms with E-state index in [1.807, 2.05) is 13.8 Å². The Labute approximate surface area is 62.5 Å². The van der Waals surface area contributed by atoms with Gasteiger partial charge in [-0.15, -0.1) is 0 Å². The molecule has 0 spiro atoms. The first-order valence-electron chi connectivity index (χ1n) is 3.70. The summed E-state index contributed by atoms with van der Waals surface area (Å²) >= 11 is 0. The lowest BCUT2D eigenvalue weighted by Gasteiger charge is -2.23. The van der Waals surface area contributed by atoms with E-state index >= 15 is 0 Å². The first-order valence-corrected chi connectivity index (χ1v) is 5.52. The van der Waals surface area contributed by atoms with Crippen LogP contribution in [0.25, 0.3) is 0 Å². The van der Waals surface area contributed by atoms with Gasteiger partial charge in [0, 0.05) is 0 Å². The predicted octanol–water partition coefficient (Wildman–Crippen LogP) is 1.08. The summed E-state index contributed by atoms with van der Waals surface area (Å²) in [6.07, 6.45) is 1.07. The highest BCUT2D eigenvalue weighted by Crippen LogP contribution is 2.22. The summed E-state index contributed by atoms with van der Waals surface area (Å²) in [5.74, 6) is 1.54. The van der Waals surface area contributed by atoms with Gasteiger partial charge < -0.3 is 0 Å². The van der Waals surface area contributed by atoms with Gasteiger partial charge in [-0.1, -0.05) is 13.8 Å². The van der Waals surface area contributed by atoms with Gasteiger partial charge in [0.15, 0.2) is 9.84 Å². The van der Waals surface area contributed by atoms with Crippen LogP contribution in [0, 0.1) is 11.8 Å². The van der Waals surface area contributed by atoms with Crippen LogP contribution in [-0.4, -0.2) is 19.9 Å². The first-order chi connectivity index (χ1) is 4.49. The molecule has 0 aliphatic carbocycles. The number of hydrogen-bond acceptors (Lipinski definition) is 2. The third kappa shape index (κ3) is 1.97. The Morgan fingerprint density at radius 1 is 1.10 bits per heavy atom. The van der Waals surface area contributed by atoms with E-state index in [0.29, 0.717) is 23.3 Å². The zero-order valence-electron chi connectivity index (χ0n) is 6.50. The van der Waals surface area contributed by atoms with E-state index in [9.17, 15) is 8.42 Å². The molecule has 0 saturated carbocycles. The molecule has 1 saturated heterocycles. The Bertz CT molecular complexity index is 190. The van der Waals surface area contributed by atoms with Gasteiger partial charge in [-0.05, 0) is 18.3 Å². The van der Waals surface area contributed by atoms with Gasteiger partial charge in [0.2, 0.25) is 0 Å². The quantitative estimate of drug-likeness (QED) is 0.534. The van der Waals surface area contributed by atoms with Gasteiger partial charge in [-0.3, -0.25) is 0 Å². The van der Waals surface area contributed by atoms with Crippen LogP contribution in [0.3, 0.4) is 0 Å². The molecule has 0 N–H and O–H groups in total. The van der Waals surface area contributed by atoms with Gasteiger partial charge in [0.25, 0.3) is 0 Å². The van der Waals surface area contributed by atoms with Crippen molar-refractivity contribution in [3.63, 3.8) is 0 Å². The molecular formula is C7H14O2S. The monoisotopic (exact) mass is 162 g/mol. The van der Waals surface area contributed by atoms with Gasteiger partial charge in [-0.2, -0.15) is 0 Å². The lowest BCUT2D eigenvalue weighted by Crippen LogP contribution is -2.28. The maximum Gasteiger partial charge on any atom is 0.150 e. The van der Waals surface area contributed by atoms with Crippen LogP contribution in [0.5, 0.6) is 0 Å². The van der Waals surface area contributed by atoms with Crippen molar-refractivity contribution in [2.45, 2.75) is 20.3 Å². The highest BCUT2D eigenvalue weighted by atomic mass is 32.2. The molecule has 0 bridgehead atoms. The third-order valence-electron chi connectivity index (χ3n) is 1.88. The second-order valence-corrected chi connectivity index (χ2v) is 5.68. The lowest BCUT2D eigenvalue weighted by atomic mass is 10.0. The smallest absolute Gasteiger partial charge is 0.150 e. The van der Waals surface area contributed by atoms with Gasteiger partial charge >= 0.3 is 0 Å². The Hall–Kier alpha value is -0.0500. The van der Waals surface area contributed by atoms with Gasteiger partial charge in [0.1, 0.15) is 0 Å². The van der Waals surface area contributed by atoms with Crippen LogP contribution in [0.2, 0.25) is 0 Å². The highest BCUT2D eigenvalue weighted by Gasteiger charge is 2.26. The van der Waals surface area contributed by atoms with E-state index in [0.717, 1.165) is 6.42 Å². The average molecular weight is 162 g/mol. The van der Waals surface area contributed by atoms with Crippen LogP contribution in [0.4, 0.5) is 0 Å². The predicted molar refractivity (Wildman–Crippen MR) is 41.6 cm³/mol. The molecule has 0 unspecified atom stereocenters. The van der Waals surface area contributed by atoms with Crippen LogP contribution in [0.1, 0.15) is 20.3 Å². The van der Waals surface area contributed by atoms with Crippen molar-refractivity contribution in [2.24, 2.45) is 11.8 Å². The fourth-order valence-electron chi connectivity index (χ4n) is 1.76. The zero-order valence-corrected chi connectivity index (χ0v) is 7.32. The standard InChI is InChI=1S/C7H14O2S/c1-6-3-7(2)5-10(8,9)4-6/h6-7H,3-5H2,1-2H3/t6-,7-/m1/s1. The Balaban J connectivity index is 2.69. The largest absolute Gasteiger partial charge is 0.229 e. The van der Waals surface area contributed by atoms with E-state index in [1.54, 1.807) is 0 Å². The van der Waals surface area contributed by atoms with Crippen molar-refractivity contribution >= 4 is 9.84 Å². The summed E-state index contributed by atoms with van der Waals surface area (Å²) in [7, 11) is -2.68. The lowest BCUT2D eigenvalue weighted by molar-refractivity contribution is 0.436. The normalized spacial score (nSPS) is 39.4. The summed E-state index contributed by atoms with van der Waals surface area (Å²) in [5, 5.41) is 0. The maximum absolute atomic E-state index is 11.1. The third-order valence-corrected chi connectivity index (χ3v) is 4.04. The summed E-state index contributed by atoms with van der Waals surface area (Å²) < 4.78 is 22.1. The molecule has 1 aliphatic rings. The second kappa shape index (κ2) is 2.53. The van der Waals surface area contributed by atoms with Gasteiger partial charge in [-0.25, -0.2) is 8.42 Å². The fraction of sp³-hybridized carbons (Fsp3) is 1.00. The van der Waals surface area contributed by atoms with Crippen molar-refractivity contribution in [1.82, 2.24) is 0 Å². The van der Waals surface area contributed by atoms with E-state index in [4.69, 9.17) is 0 Å². The molecule has 60 valence electrons. The molecule has 1 aliphatic heterocycles. The summed E-state index contributed by atoms with van der Waals surface area (Å²) in [6.45, 7) is 4.01. The van der Waals surface area contributed by atoms with E-state index in [-0.39, 0.29) is 0 Å². The number of hydrogen-bond donors (Lipinski definition) is 0. The molecule has 1 rings (SSSR count). The molecule has 2 atom stereocenters. The number of sulfone groups is 1. The topological polar surface area (TPSA) is 34.1 Å². The SMILES string of the molecule is C[C@@H]1C[C@@H](C)CS(=O)(=O)C1. The van der Waals surface area contributed by atoms with Crippen LogP contribution < -0.4 is 0 Å². The molecule has 3 heteroatoms. The second-order valence-electron chi connectivity index (χ2n) is 3.52. The minimum absolute atomic E-state index is 0.369. The van der Waals surface area contributed by atoms with E-state index < -0.39 is 9.84 Å². The van der Waals surface area contributed by atoms with Crippen molar-refractivity contribution < 1.29 is 8.42 Å². The highest BCUT2D eigenvalue weighted by molar-refractivity contribution is 7.91. The Kier molecular flexibility index (Phi) is 2.04. The first kappa shape index (κ1) is 8.05. The van der Waals surface area contributed by atoms with E-state index in [1.165, 1.54) is 0 Å².